The summed E-state index contributed by atoms with van der Waals surface area (Å²) in [7, 11) is 0. The Bertz CT molecular complexity index is 496. The number of benzene rings is 1. The van der Waals surface area contributed by atoms with E-state index in [1.807, 2.05) is 0 Å². The van der Waals surface area contributed by atoms with Gasteiger partial charge in [-0.05, 0) is 37.0 Å². The summed E-state index contributed by atoms with van der Waals surface area (Å²) in [5, 5.41) is 0. The molecule has 33 heavy (non-hydrogen) atoms. The summed E-state index contributed by atoms with van der Waals surface area (Å²) >= 11 is 0. The van der Waals surface area contributed by atoms with Crippen LogP contribution in [0.2, 0.25) is 0 Å². The Kier molecular flexibility index (Phi) is 21.9. The molecule has 0 heterocycles. The molecule has 0 spiro atoms. The normalized spacial score (nSPS) is 11.2. The maximum absolute atomic E-state index is 5.83. The van der Waals surface area contributed by atoms with Crippen molar-refractivity contribution in [1.29, 1.82) is 0 Å². The van der Waals surface area contributed by atoms with Gasteiger partial charge in [0.15, 0.2) is 0 Å². The van der Waals surface area contributed by atoms with Crippen molar-refractivity contribution in [3.05, 3.63) is 29.8 Å². The van der Waals surface area contributed by atoms with Gasteiger partial charge in [0.25, 0.3) is 0 Å². The Morgan fingerprint density at radius 1 is 0.455 bits per heavy atom. The summed E-state index contributed by atoms with van der Waals surface area (Å²) in [4.78, 5) is 0. The first-order chi connectivity index (χ1) is 16.4. The van der Waals surface area contributed by atoms with Crippen LogP contribution in [0, 0.1) is 0 Å². The molecule has 0 amide bonds. The SMILES string of the molecule is CCCCCCCCCCCCCCCOCCOc1ccc(CCCCCCCC)cc1. The zero-order valence-electron chi connectivity index (χ0n) is 22.4. The zero-order chi connectivity index (χ0) is 23.7. The quantitative estimate of drug-likeness (QED) is 0.135. The lowest BCUT2D eigenvalue weighted by Gasteiger charge is -2.08. The van der Waals surface area contributed by atoms with E-state index in [-0.39, 0.29) is 0 Å². The van der Waals surface area contributed by atoms with Gasteiger partial charge in [0.1, 0.15) is 12.4 Å². The molecule has 0 aliphatic carbocycles. The van der Waals surface area contributed by atoms with E-state index in [4.69, 9.17) is 9.47 Å². The fraction of sp³-hybridized carbons (Fsp3) is 0.806. The molecule has 1 aromatic rings. The molecule has 0 saturated heterocycles. The first-order valence-corrected chi connectivity index (χ1v) is 14.7. The third kappa shape index (κ3) is 20.1. The van der Waals surface area contributed by atoms with Gasteiger partial charge >= 0.3 is 0 Å². The molecule has 0 atom stereocenters. The maximum atomic E-state index is 5.83. The highest BCUT2D eigenvalue weighted by atomic mass is 16.5. The lowest BCUT2D eigenvalue weighted by atomic mass is 10.0. The summed E-state index contributed by atoms with van der Waals surface area (Å²) in [6.45, 7) is 6.78. The number of aryl methyl sites for hydroxylation is 1. The van der Waals surface area contributed by atoms with Gasteiger partial charge in [-0.2, -0.15) is 0 Å². The fourth-order valence-electron chi connectivity index (χ4n) is 4.40. The molecule has 0 aliphatic rings. The Labute approximate surface area is 207 Å². The number of hydrogen-bond donors (Lipinski definition) is 0. The van der Waals surface area contributed by atoms with Crippen molar-refractivity contribution in [2.24, 2.45) is 0 Å². The summed E-state index contributed by atoms with van der Waals surface area (Å²) in [6.07, 6.45) is 27.4. The highest BCUT2D eigenvalue weighted by Crippen LogP contribution is 2.15. The van der Waals surface area contributed by atoms with E-state index in [2.05, 4.69) is 38.1 Å². The van der Waals surface area contributed by atoms with E-state index >= 15 is 0 Å². The van der Waals surface area contributed by atoms with E-state index in [9.17, 15) is 0 Å². The summed E-state index contributed by atoms with van der Waals surface area (Å²) in [5.41, 5.74) is 1.43. The first kappa shape index (κ1) is 30.0. The van der Waals surface area contributed by atoms with Crippen LogP contribution in [0.25, 0.3) is 0 Å². The number of rotatable bonds is 25. The second kappa shape index (κ2) is 24.1. The zero-order valence-corrected chi connectivity index (χ0v) is 22.4. The Hall–Kier alpha value is -1.02. The molecule has 2 nitrogen and oxygen atoms in total. The van der Waals surface area contributed by atoms with E-state index in [0.29, 0.717) is 13.2 Å². The van der Waals surface area contributed by atoms with Gasteiger partial charge in [-0.3, -0.25) is 0 Å². The molecule has 0 radical (unpaired) electrons. The molecule has 192 valence electrons. The maximum Gasteiger partial charge on any atom is 0.119 e. The summed E-state index contributed by atoms with van der Waals surface area (Å²) in [5.74, 6) is 0.964. The summed E-state index contributed by atoms with van der Waals surface area (Å²) < 4.78 is 11.6. The third-order valence-corrected chi connectivity index (χ3v) is 6.63. The molecule has 0 fully saturated rings. The second-order valence-electron chi connectivity index (χ2n) is 9.87. The number of ether oxygens (including phenoxy) is 2. The van der Waals surface area contributed by atoms with E-state index in [1.54, 1.807) is 0 Å². The van der Waals surface area contributed by atoms with Crippen LogP contribution in [0.5, 0.6) is 5.75 Å². The molecule has 0 N–H and O–H groups in total. The van der Waals surface area contributed by atoms with Gasteiger partial charge in [0, 0.05) is 6.61 Å². The van der Waals surface area contributed by atoms with Crippen molar-refractivity contribution in [2.75, 3.05) is 19.8 Å². The van der Waals surface area contributed by atoms with E-state index in [1.165, 1.54) is 134 Å². The Balaban J connectivity index is 1.82. The topological polar surface area (TPSA) is 18.5 Å². The van der Waals surface area contributed by atoms with Crippen LogP contribution < -0.4 is 4.74 Å². The first-order valence-electron chi connectivity index (χ1n) is 14.7. The molecule has 0 unspecified atom stereocenters. The molecular weight excluding hydrogens is 404 g/mol. The van der Waals surface area contributed by atoms with Gasteiger partial charge in [0.05, 0.1) is 6.61 Å². The van der Waals surface area contributed by atoms with Crippen molar-refractivity contribution in [2.45, 2.75) is 142 Å². The Morgan fingerprint density at radius 2 is 0.909 bits per heavy atom. The van der Waals surface area contributed by atoms with Gasteiger partial charge < -0.3 is 9.47 Å². The van der Waals surface area contributed by atoms with E-state index < -0.39 is 0 Å². The van der Waals surface area contributed by atoms with Crippen LogP contribution in [0.4, 0.5) is 0 Å². The number of hydrogen-bond acceptors (Lipinski definition) is 2. The lowest BCUT2D eigenvalue weighted by molar-refractivity contribution is 0.0970. The predicted octanol–water partition coefficient (Wildman–Crippen LogP) is 10.1. The largest absolute Gasteiger partial charge is 0.491 e. The van der Waals surface area contributed by atoms with Crippen molar-refractivity contribution in [1.82, 2.24) is 0 Å². The standard InChI is InChI=1S/C31H56O2/c1-3-5-7-9-11-12-13-14-15-16-17-19-21-27-32-28-29-33-31-25-23-30(24-26-31)22-20-18-10-8-6-4-2/h23-26H,3-22,27-29H2,1-2H3. The molecule has 0 saturated carbocycles. The van der Waals surface area contributed by atoms with Crippen molar-refractivity contribution >= 4 is 0 Å². The smallest absolute Gasteiger partial charge is 0.119 e. The molecule has 1 rings (SSSR count). The average Bonchev–Trinajstić information content (AvgIpc) is 2.84. The number of unbranched alkanes of at least 4 members (excludes halogenated alkanes) is 17. The molecule has 2 heteroatoms. The lowest BCUT2D eigenvalue weighted by Crippen LogP contribution is -2.07. The van der Waals surface area contributed by atoms with Crippen molar-refractivity contribution in [3.63, 3.8) is 0 Å². The van der Waals surface area contributed by atoms with Crippen LogP contribution in [-0.2, 0) is 11.2 Å². The average molecular weight is 461 g/mol. The van der Waals surface area contributed by atoms with Gasteiger partial charge in [-0.15, -0.1) is 0 Å². The van der Waals surface area contributed by atoms with E-state index in [0.717, 1.165) is 12.4 Å². The minimum atomic E-state index is 0.648. The molecule has 0 bridgehead atoms. The van der Waals surface area contributed by atoms with Crippen molar-refractivity contribution in [3.8, 4) is 5.75 Å². The molecular formula is C31H56O2. The Morgan fingerprint density at radius 3 is 1.42 bits per heavy atom. The monoisotopic (exact) mass is 460 g/mol. The molecule has 1 aromatic carbocycles. The van der Waals surface area contributed by atoms with Crippen LogP contribution in [-0.4, -0.2) is 19.8 Å². The third-order valence-electron chi connectivity index (χ3n) is 6.63. The minimum Gasteiger partial charge on any atom is -0.491 e. The van der Waals surface area contributed by atoms with Gasteiger partial charge in [-0.1, -0.05) is 135 Å². The van der Waals surface area contributed by atoms with Crippen LogP contribution in [0.15, 0.2) is 24.3 Å². The van der Waals surface area contributed by atoms with Gasteiger partial charge in [-0.25, -0.2) is 0 Å². The van der Waals surface area contributed by atoms with Crippen LogP contribution >= 0.6 is 0 Å². The summed E-state index contributed by atoms with van der Waals surface area (Å²) in [6, 6.07) is 8.66. The highest BCUT2D eigenvalue weighted by Gasteiger charge is 1.98. The van der Waals surface area contributed by atoms with Crippen LogP contribution in [0.1, 0.15) is 141 Å². The van der Waals surface area contributed by atoms with Crippen LogP contribution in [0.3, 0.4) is 0 Å². The highest BCUT2D eigenvalue weighted by molar-refractivity contribution is 5.27. The predicted molar refractivity (Wildman–Crippen MR) is 146 cm³/mol. The van der Waals surface area contributed by atoms with Crippen molar-refractivity contribution < 1.29 is 9.47 Å². The second-order valence-corrected chi connectivity index (χ2v) is 9.87. The fourth-order valence-corrected chi connectivity index (χ4v) is 4.40. The molecule has 0 aliphatic heterocycles. The molecule has 0 aromatic heterocycles. The minimum absolute atomic E-state index is 0.648. The van der Waals surface area contributed by atoms with Gasteiger partial charge in [0.2, 0.25) is 0 Å².